The van der Waals surface area contributed by atoms with E-state index in [4.69, 9.17) is 10.00 Å². The molecule has 0 bridgehead atoms. The first-order valence-electron chi connectivity index (χ1n) is 8.39. The number of nitriles is 1. The minimum Gasteiger partial charge on any atom is -0.375 e. The van der Waals surface area contributed by atoms with Gasteiger partial charge in [0.1, 0.15) is 0 Å². The van der Waals surface area contributed by atoms with E-state index >= 15 is 0 Å². The van der Waals surface area contributed by atoms with Crippen molar-refractivity contribution in [1.82, 2.24) is 10.2 Å². The smallest absolute Gasteiger partial charge is 0.251 e. The van der Waals surface area contributed by atoms with E-state index in [0.29, 0.717) is 23.3 Å². The summed E-state index contributed by atoms with van der Waals surface area (Å²) in [5.41, 5.74) is 1.18. The molecule has 23 heavy (non-hydrogen) atoms. The summed E-state index contributed by atoms with van der Waals surface area (Å²) in [4.78, 5) is 14.8. The van der Waals surface area contributed by atoms with Crippen molar-refractivity contribution >= 4 is 5.91 Å². The third kappa shape index (κ3) is 3.10. The van der Waals surface area contributed by atoms with Crippen LogP contribution in [-0.2, 0) is 4.74 Å². The van der Waals surface area contributed by atoms with Crippen LogP contribution >= 0.6 is 0 Å². The molecular formula is C18H21N3O2. The van der Waals surface area contributed by atoms with Crippen LogP contribution in [0, 0.1) is 17.2 Å². The lowest BCUT2D eigenvalue weighted by molar-refractivity contribution is -0.0581. The standard InChI is InChI=1S/C18H21N3O2/c19-8-12-1-3-14(4-2-12)18(22)20-15-7-16-11-23-17(13-5-6-13)10-21(16)9-15/h1-4,13,15-17H,5-7,9-11H2,(H,20,22)/t15-,16-,17+/m0/s1. The third-order valence-corrected chi connectivity index (χ3v) is 5.20. The van der Waals surface area contributed by atoms with Crippen molar-refractivity contribution in [1.29, 1.82) is 5.26 Å². The summed E-state index contributed by atoms with van der Waals surface area (Å²) in [6.07, 6.45) is 3.97. The van der Waals surface area contributed by atoms with Crippen LogP contribution in [0.5, 0.6) is 0 Å². The van der Waals surface area contributed by atoms with E-state index in [0.717, 1.165) is 32.0 Å². The normalized spacial score (nSPS) is 30.5. The summed E-state index contributed by atoms with van der Waals surface area (Å²) in [5.74, 6) is 0.710. The molecule has 5 heteroatoms. The van der Waals surface area contributed by atoms with Crippen molar-refractivity contribution in [3.05, 3.63) is 35.4 Å². The molecule has 2 aliphatic heterocycles. The second-order valence-corrected chi connectivity index (χ2v) is 6.91. The van der Waals surface area contributed by atoms with Crippen molar-refractivity contribution in [3.63, 3.8) is 0 Å². The number of hydrogen-bond acceptors (Lipinski definition) is 4. The van der Waals surface area contributed by atoms with Gasteiger partial charge in [-0.1, -0.05) is 0 Å². The maximum atomic E-state index is 12.3. The Hall–Kier alpha value is -1.90. The first-order chi connectivity index (χ1) is 11.2. The minimum absolute atomic E-state index is 0.0565. The predicted molar refractivity (Wildman–Crippen MR) is 84.9 cm³/mol. The average Bonchev–Trinajstić information content (AvgIpc) is 3.35. The Labute approximate surface area is 136 Å². The molecule has 3 fully saturated rings. The van der Waals surface area contributed by atoms with Crippen LogP contribution in [0.25, 0.3) is 0 Å². The number of morpholine rings is 1. The van der Waals surface area contributed by atoms with Crippen molar-refractivity contribution in [2.45, 2.75) is 37.5 Å². The van der Waals surface area contributed by atoms with Gasteiger partial charge in [0, 0.05) is 30.7 Å². The first kappa shape index (κ1) is 14.7. The van der Waals surface area contributed by atoms with E-state index in [1.54, 1.807) is 24.3 Å². The van der Waals surface area contributed by atoms with Crippen LogP contribution in [-0.4, -0.2) is 48.7 Å². The number of rotatable bonds is 3. The Bertz CT molecular complexity index is 633. The molecule has 0 aromatic heterocycles. The van der Waals surface area contributed by atoms with E-state index < -0.39 is 0 Å². The molecule has 1 aromatic rings. The minimum atomic E-state index is -0.0565. The topological polar surface area (TPSA) is 65.4 Å². The summed E-state index contributed by atoms with van der Waals surface area (Å²) in [6, 6.07) is 9.48. The van der Waals surface area contributed by atoms with Crippen LogP contribution in [0.3, 0.4) is 0 Å². The SMILES string of the molecule is N#Cc1ccc(C(=O)N[C@H]2C[C@H]3CO[C@@H](C4CC4)CN3C2)cc1. The summed E-state index contributed by atoms with van der Waals surface area (Å²) >= 11 is 0. The fraction of sp³-hybridized carbons (Fsp3) is 0.556. The van der Waals surface area contributed by atoms with Crippen molar-refractivity contribution in [2.24, 2.45) is 5.92 Å². The zero-order valence-corrected chi connectivity index (χ0v) is 13.1. The monoisotopic (exact) mass is 311 g/mol. The van der Waals surface area contributed by atoms with Gasteiger partial charge in [0.2, 0.25) is 0 Å². The van der Waals surface area contributed by atoms with Gasteiger partial charge in [0.05, 0.1) is 24.3 Å². The molecule has 5 nitrogen and oxygen atoms in total. The molecule has 1 amide bonds. The highest BCUT2D eigenvalue weighted by atomic mass is 16.5. The summed E-state index contributed by atoms with van der Waals surface area (Å²) in [7, 11) is 0. The Morgan fingerprint density at radius 3 is 2.74 bits per heavy atom. The van der Waals surface area contributed by atoms with E-state index in [1.165, 1.54) is 12.8 Å². The molecule has 4 rings (SSSR count). The number of amides is 1. The van der Waals surface area contributed by atoms with Crippen LogP contribution < -0.4 is 5.32 Å². The van der Waals surface area contributed by atoms with E-state index in [2.05, 4.69) is 16.3 Å². The Kier molecular flexibility index (Phi) is 3.80. The lowest BCUT2D eigenvalue weighted by Crippen LogP contribution is -2.47. The summed E-state index contributed by atoms with van der Waals surface area (Å²) in [6.45, 7) is 2.72. The highest BCUT2D eigenvalue weighted by Crippen LogP contribution is 2.37. The number of hydrogen-bond donors (Lipinski definition) is 1. The van der Waals surface area contributed by atoms with Crippen molar-refractivity contribution in [2.75, 3.05) is 19.7 Å². The highest BCUT2D eigenvalue weighted by molar-refractivity contribution is 5.94. The van der Waals surface area contributed by atoms with E-state index in [9.17, 15) is 4.79 Å². The molecule has 1 N–H and O–H groups in total. The van der Waals surface area contributed by atoms with Crippen molar-refractivity contribution in [3.8, 4) is 6.07 Å². The van der Waals surface area contributed by atoms with Gasteiger partial charge in [-0.25, -0.2) is 0 Å². The van der Waals surface area contributed by atoms with Gasteiger partial charge < -0.3 is 10.1 Å². The number of nitrogens with one attached hydrogen (secondary N) is 1. The van der Waals surface area contributed by atoms with Gasteiger partial charge in [-0.2, -0.15) is 5.26 Å². The number of carbonyl (C=O) groups excluding carboxylic acids is 1. The first-order valence-corrected chi connectivity index (χ1v) is 8.39. The molecule has 3 atom stereocenters. The fourth-order valence-corrected chi connectivity index (χ4v) is 3.72. The molecule has 2 saturated heterocycles. The van der Waals surface area contributed by atoms with Crippen LogP contribution in [0.2, 0.25) is 0 Å². The van der Waals surface area contributed by atoms with Crippen LogP contribution in [0.1, 0.15) is 35.2 Å². The van der Waals surface area contributed by atoms with Gasteiger partial charge in [-0.15, -0.1) is 0 Å². The van der Waals surface area contributed by atoms with Gasteiger partial charge in [-0.05, 0) is 49.4 Å². The second kappa shape index (κ2) is 5.95. The Morgan fingerprint density at radius 1 is 1.26 bits per heavy atom. The molecule has 0 radical (unpaired) electrons. The quantitative estimate of drug-likeness (QED) is 0.919. The fourth-order valence-electron chi connectivity index (χ4n) is 3.72. The summed E-state index contributed by atoms with van der Waals surface area (Å²) in [5, 5.41) is 11.9. The lowest BCUT2D eigenvalue weighted by atomic mass is 10.1. The van der Waals surface area contributed by atoms with E-state index in [1.807, 2.05) is 0 Å². The number of nitrogens with zero attached hydrogens (tertiary/aromatic N) is 2. The molecule has 2 heterocycles. The lowest BCUT2D eigenvalue weighted by Gasteiger charge is -2.35. The number of benzene rings is 1. The zero-order chi connectivity index (χ0) is 15.8. The van der Waals surface area contributed by atoms with Crippen LogP contribution in [0.15, 0.2) is 24.3 Å². The Balaban J connectivity index is 1.34. The zero-order valence-electron chi connectivity index (χ0n) is 13.1. The van der Waals surface area contributed by atoms with Crippen LogP contribution in [0.4, 0.5) is 0 Å². The number of fused-ring (bicyclic) bond motifs is 1. The Morgan fingerprint density at radius 2 is 2.04 bits per heavy atom. The molecule has 3 aliphatic rings. The molecule has 1 aliphatic carbocycles. The average molecular weight is 311 g/mol. The van der Waals surface area contributed by atoms with E-state index in [-0.39, 0.29) is 11.9 Å². The summed E-state index contributed by atoms with van der Waals surface area (Å²) < 4.78 is 5.99. The molecule has 120 valence electrons. The predicted octanol–water partition coefficient (Wildman–Crippen LogP) is 1.54. The van der Waals surface area contributed by atoms with Gasteiger partial charge in [0.15, 0.2) is 0 Å². The van der Waals surface area contributed by atoms with Crippen molar-refractivity contribution < 1.29 is 9.53 Å². The largest absolute Gasteiger partial charge is 0.375 e. The number of carbonyl (C=O) groups is 1. The number of ether oxygens (including phenoxy) is 1. The third-order valence-electron chi connectivity index (χ3n) is 5.20. The maximum Gasteiger partial charge on any atom is 0.251 e. The second-order valence-electron chi connectivity index (χ2n) is 6.91. The molecule has 1 saturated carbocycles. The maximum absolute atomic E-state index is 12.3. The van der Waals surface area contributed by atoms with Gasteiger partial charge in [-0.3, -0.25) is 9.69 Å². The van der Waals surface area contributed by atoms with Gasteiger partial charge in [0.25, 0.3) is 5.91 Å². The van der Waals surface area contributed by atoms with Gasteiger partial charge >= 0.3 is 0 Å². The molecule has 0 spiro atoms. The highest BCUT2D eigenvalue weighted by Gasteiger charge is 2.42. The molecule has 1 aromatic carbocycles. The molecule has 0 unspecified atom stereocenters. The molecular weight excluding hydrogens is 290 g/mol.